The number of fused-ring (bicyclic) bond motifs is 2. The highest BCUT2D eigenvalue weighted by Gasteiger charge is 2.26. The fourth-order valence-corrected chi connectivity index (χ4v) is 3.49. The Morgan fingerprint density at radius 2 is 1.79 bits per heavy atom. The number of rotatable bonds is 3. The van der Waals surface area contributed by atoms with Crippen LogP contribution in [0.5, 0.6) is 0 Å². The molecular weight excluding hydrogens is 370 g/mol. The molecule has 0 saturated carbocycles. The van der Waals surface area contributed by atoms with Crippen molar-refractivity contribution < 1.29 is 22.0 Å². The minimum absolute atomic E-state index is 0.0750. The monoisotopic (exact) mass is 387 g/mol. The molecule has 0 fully saturated rings. The van der Waals surface area contributed by atoms with Crippen molar-refractivity contribution in [2.45, 2.75) is 32.9 Å². The minimum Gasteiger partial charge on any atom is -0.461 e. The molecule has 144 valence electrons. The molecule has 0 unspecified atom stereocenters. The molecule has 2 aromatic heterocycles. The van der Waals surface area contributed by atoms with Gasteiger partial charge in [-0.2, -0.15) is 13.2 Å². The Morgan fingerprint density at radius 3 is 2.54 bits per heavy atom. The number of pyridine rings is 1. The lowest BCUT2D eigenvalue weighted by atomic mass is 9.98. The largest absolute Gasteiger partial charge is 0.461 e. The first-order chi connectivity index (χ1) is 13.2. The third kappa shape index (κ3) is 3.35. The zero-order chi connectivity index (χ0) is 20.1. The van der Waals surface area contributed by atoms with Gasteiger partial charge in [-0.05, 0) is 55.0 Å². The van der Waals surface area contributed by atoms with Crippen molar-refractivity contribution in [1.82, 2.24) is 4.98 Å². The minimum atomic E-state index is -4.19. The van der Waals surface area contributed by atoms with Crippen LogP contribution in [0.4, 0.5) is 17.6 Å². The summed E-state index contributed by atoms with van der Waals surface area (Å²) >= 11 is 0. The highest BCUT2D eigenvalue weighted by molar-refractivity contribution is 6.02. The van der Waals surface area contributed by atoms with E-state index >= 15 is 0 Å². The quantitative estimate of drug-likeness (QED) is 0.357. The SMILES string of the molecule is Cc1cc2c(F)c(C)cc(-c3nccc4cc(CCC(F)(F)F)ccc34)c2o1. The van der Waals surface area contributed by atoms with Crippen LogP contribution < -0.4 is 0 Å². The van der Waals surface area contributed by atoms with Gasteiger partial charge in [0.25, 0.3) is 0 Å². The summed E-state index contributed by atoms with van der Waals surface area (Å²) in [7, 11) is 0. The van der Waals surface area contributed by atoms with E-state index in [1.807, 2.05) is 0 Å². The molecule has 0 amide bonds. The normalized spacial score (nSPS) is 12.2. The third-order valence-electron chi connectivity index (χ3n) is 4.82. The molecular formula is C22H17F4NO. The van der Waals surface area contributed by atoms with Gasteiger partial charge in [-0.1, -0.05) is 18.2 Å². The van der Waals surface area contributed by atoms with Crippen LogP contribution in [-0.2, 0) is 6.42 Å². The van der Waals surface area contributed by atoms with Crippen LogP contribution in [0.25, 0.3) is 33.0 Å². The zero-order valence-electron chi connectivity index (χ0n) is 15.3. The van der Waals surface area contributed by atoms with Crippen LogP contribution in [0.3, 0.4) is 0 Å². The second-order valence-electron chi connectivity index (χ2n) is 6.99. The van der Waals surface area contributed by atoms with E-state index in [9.17, 15) is 17.6 Å². The Hall–Kier alpha value is -2.89. The number of nitrogens with zero attached hydrogens (tertiary/aromatic N) is 1. The summed E-state index contributed by atoms with van der Waals surface area (Å²) in [4.78, 5) is 4.46. The van der Waals surface area contributed by atoms with Crippen LogP contribution in [0.1, 0.15) is 23.3 Å². The number of furan rings is 1. The Labute approximate surface area is 158 Å². The van der Waals surface area contributed by atoms with Gasteiger partial charge in [-0.15, -0.1) is 0 Å². The first-order valence-electron chi connectivity index (χ1n) is 8.87. The number of aromatic nitrogens is 1. The molecule has 0 saturated heterocycles. The van der Waals surface area contributed by atoms with Crippen molar-refractivity contribution in [3.8, 4) is 11.3 Å². The maximum atomic E-state index is 14.5. The van der Waals surface area contributed by atoms with Gasteiger partial charge in [-0.25, -0.2) is 4.39 Å². The van der Waals surface area contributed by atoms with Gasteiger partial charge < -0.3 is 4.42 Å². The van der Waals surface area contributed by atoms with Crippen LogP contribution >= 0.6 is 0 Å². The van der Waals surface area contributed by atoms with Crippen molar-refractivity contribution >= 4 is 21.7 Å². The molecule has 4 rings (SSSR count). The number of hydrogen-bond donors (Lipinski definition) is 0. The van der Waals surface area contributed by atoms with E-state index in [0.29, 0.717) is 39.1 Å². The summed E-state index contributed by atoms with van der Waals surface area (Å²) in [5, 5.41) is 1.95. The summed E-state index contributed by atoms with van der Waals surface area (Å²) in [5.41, 5.74) is 2.78. The summed E-state index contributed by atoms with van der Waals surface area (Å²) in [6, 6.07) is 10.3. The number of hydrogen-bond acceptors (Lipinski definition) is 2. The molecule has 0 bridgehead atoms. The molecule has 0 atom stereocenters. The van der Waals surface area contributed by atoms with Gasteiger partial charge in [0.2, 0.25) is 0 Å². The smallest absolute Gasteiger partial charge is 0.389 e. The summed E-state index contributed by atoms with van der Waals surface area (Å²) in [6.45, 7) is 3.43. The lowest BCUT2D eigenvalue weighted by Gasteiger charge is -2.11. The summed E-state index contributed by atoms with van der Waals surface area (Å²) in [6.07, 6.45) is -3.52. The Bertz CT molecular complexity index is 1190. The van der Waals surface area contributed by atoms with E-state index in [-0.39, 0.29) is 12.2 Å². The molecule has 28 heavy (non-hydrogen) atoms. The fraction of sp³-hybridized carbons (Fsp3) is 0.227. The standard InChI is InChI=1S/C22H17F4NO/c1-12-9-18(21-17(19(12)23)10-13(2)28-21)20-16-4-3-14(5-7-22(24,25)26)11-15(16)6-8-27-20/h3-4,6,8-11H,5,7H2,1-2H3. The third-order valence-corrected chi connectivity index (χ3v) is 4.82. The van der Waals surface area contributed by atoms with Crippen LogP contribution in [0, 0.1) is 19.7 Å². The highest BCUT2D eigenvalue weighted by atomic mass is 19.4. The maximum absolute atomic E-state index is 14.5. The fourth-order valence-electron chi connectivity index (χ4n) is 3.49. The molecule has 0 radical (unpaired) electrons. The second-order valence-corrected chi connectivity index (χ2v) is 6.99. The first kappa shape index (κ1) is 18.5. The summed E-state index contributed by atoms with van der Waals surface area (Å²) in [5.74, 6) is 0.265. The molecule has 2 heterocycles. The predicted molar refractivity (Wildman–Crippen MR) is 101 cm³/mol. The Kier molecular flexibility index (Phi) is 4.37. The molecule has 0 spiro atoms. The first-order valence-corrected chi connectivity index (χ1v) is 8.87. The average molecular weight is 387 g/mol. The zero-order valence-corrected chi connectivity index (χ0v) is 15.3. The number of halogens is 4. The van der Waals surface area contributed by atoms with Gasteiger partial charge in [0.1, 0.15) is 17.2 Å². The molecule has 6 heteroatoms. The van der Waals surface area contributed by atoms with Crippen molar-refractivity contribution in [1.29, 1.82) is 0 Å². The van der Waals surface area contributed by atoms with E-state index < -0.39 is 12.6 Å². The highest BCUT2D eigenvalue weighted by Crippen LogP contribution is 2.37. The Balaban J connectivity index is 1.86. The molecule has 2 nitrogen and oxygen atoms in total. The van der Waals surface area contributed by atoms with Gasteiger partial charge >= 0.3 is 6.18 Å². The van der Waals surface area contributed by atoms with Crippen LogP contribution in [-0.4, -0.2) is 11.2 Å². The van der Waals surface area contributed by atoms with Crippen molar-refractivity contribution in [3.05, 3.63) is 65.3 Å². The van der Waals surface area contributed by atoms with E-state index in [1.165, 1.54) is 0 Å². The topological polar surface area (TPSA) is 26.0 Å². The molecule has 4 aromatic rings. The molecule has 0 aliphatic carbocycles. The van der Waals surface area contributed by atoms with Gasteiger partial charge in [0.15, 0.2) is 0 Å². The van der Waals surface area contributed by atoms with Gasteiger partial charge in [-0.3, -0.25) is 4.98 Å². The number of benzene rings is 2. The molecule has 0 N–H and O–H groups in total. The lowest BCUT2D eigenvalue weighted by Crippen LogP contribution is -2.08. The van der Waals surface area contributed by atoms with Crippen LogP contribution in [0.2, 0.25) is 0 Å². The summed E-state index contributed by atoms with van der Waals surface area (Å²) < 4.78 is 57.7. The van der Waals surface area contributed by atoms with Crippen molar-refractivity contribution in [3.63, 3.8) is 0 Å². The van der Waals surface area contributed by atoms with E-state index in [4.69, 9.17) is 4.42 Å². The second kappa shape index (κ2) is 6.62. The maximum Gasteiger partial charge on any atom is 0.389 e. The van der Waals surface area contributed by atoms with E-state index in [1.54, 1.807) is 56.4 Å². The van der Waals surface area contributed by atoms with Crippen molar-refractivity contribution in [2.75, 3.05) is 0 Å². The Morgan fingerprint density at radius 1 is 1.00 bits per heavy atom. The number of alkyl halides is 3. The van der Waals surface area contributed by atoms with E-state index in [0.717, 1.165) is 10.8 Å². The van der Waals surface area contributed by atoms with Gasteiger partial charge in [0, 0.05) is 23.6 Å². The predicted octanol–water partition coefficient (Wildman–Crippen LogP) is 6.90. The molecule has 0 aliphatic heterocycles. The van der Waals surface area contributed by atoms with Gasteiger partial charge in [0.05, 0.1) is 11.1 Å². The van der Waals surface area contributed by atoms with E-state index in [2.05, 4.69) is 4.98 Å². The average Bonchev–Trinajstić information content (AvgIpc) is 3.04. The van der Waals surface area contributed by atoms with Crippen LogP contribution in [0.15, 0.2) is 47.0 Å². The van der Waals surface area contributed by atoms with Crippen molar-refractivity contribution in [2.24, 2.45) is 0 Å². The molecule has 0 aliphatic rings. The lowest BCUT2D eigenvalue weighted by molar-refractivity contribution is -0.133. The number of aryl methyl sites for hydroxylation is 3. The molecule has 2 aromatic carbocycles.